The fourth-order valence-corrected chi connectivity index (χ4v) is 3.42. The van der Waals surface area contributed by atoms with Gasteiger partial charge in [0.05, 0.1) is 12.5 Å². The maximum Gasteiger partial charge on any atom is 0.119 e. The summed E-state index contributed by atoms with van der Waals surface area (Å²) in [4.78, 5) is 5.90. The first-order valence-electron chi connectivity index (χ1n) is 7.67. The summed E-state index contributed by atoms with van der Waals surface area (Å²) in [5.74, 6) is 0.899. The number of methoxy groups -OCH3 is 1. The first kappa shape index (κ1) is 12.6. The Balaban J connectivity index is 1.72. The number of anilines is 1. The molecule has 0 atom stereocenters. The smallest absolute Gasteiger partial charge is 0.119 e. The molecule has 2 aromatic rings. The number of hydrogen-bond donors (Lipinski definition) is 1. The minimum atomic E-state index is 0.899. The topological polar surface area (TPSA) is 28.3 Å². The summed E-state index contributed by atoms with van der Waals surface area (Å²) >= 11 is 0. The highest BCUT2D eigenvalue weighted by Crippen LogP contribution is 2.21. The van der Waals surface area contributed by atoms with Gasteiger partial charge in [0.25, 0.3) is 0 Å². The Kier molecular flexibility index (Phi) is 2.99. The fraction of sp³-hybridized carbons (Fsp3) is 0.333. The van der Waals surface area contributed by atoms with Crippen molar-refractivity contribution in [1.82, 2.24) is 4.98 Å². The molecule has 0 unspecified atom stereocenters. The second-order valence-corrected chi connectivity index (χ2v) is 5.80. The number of H-pyrrole nitrogens is 1. The fourth-order valence-electron chi connectivity index (χ4n) is 3.42. The van der Waals surface area contributed by atoms with Gasteiger partial charge in [0.15, 0.2) is 0 Å². The van der Waals surface area contributed by atoms with Gasteiger partial charge in [0.1, 0.15) is 5.75 Å². The number of ether oxygens (including phenoxy) is 1. The van der Waals surface area contributed by atoms with Gasteiger partial charge in [-0.3, -0.25) is 0 Å². The molecule has 0 bridgehead atoms. The van der Waals surface area contributed by atoms with Gasteiger partial charge in [-0.15, -0.1) is 0 Å². The Labute approximate surface area is 124 Å². The summed E-state index contributed by atoms with van der Waals surface area (Å²) in [6.45, 7) is 0.934. The van der Waals surface area contributed by atoms with Crippen molar-refractivity contribution in [2.75, 3.05) is 18.6 Å². The Morgan fingerprint density at radius 2 is 1.90 bits per heavy atom. The van der Waals surface area contributed by atoms with E-state index in [2.05, 4.69) is 34.3 Å². The monoisotopic (exact) mass is 280 g/mol. The first-order valence-corrected chi connectivity index (χ1v) is 7.67. The van der Waals surface area contributed by atoms with E-state index in [1.54, 1.807) is 12.7 Å². The molecule has 2 heterocycles. The second-order valence-electron chi connectivity index (χ2n) is 5.80. The molecule has 3 nitrogen and oxygen atoms in total. The van der Waals surface area contributed by atoms with E-state index in [0.717, 1.165) is 12.3 Å². The number of hydrogen-bond acceptors (Lipinski definition) is 2. The first-order chi connectivity index (χ1) is 10.3. The maximum absolute atomic E-state index is 5.23. The van der Waals surface area contributed by atoms with E-state index in [0.29, 0.717) is 0 Å². The lowest BCUT2D eigenvalue weighted by atomic mass is 9.96. The van der Waals surface area contributed by atoms with Crippen LogP contribution in [0.15, 0.2) is 24.3 Å². The third kappa shape index (κ3) is 2.13. The average molecular weight is 280 g/mol. The van der Waals surface area contributed by atoms with E-state index in [1.165, 1.54) is 47.6 Å². The average Bonchev–Trinajstić information content (AvgIpc) is 2.92. The van der Waals surface area contributed by atoms with Gasteiger partial charge in [0, 0.05) is 29.3 Å². The lowest BCUT2D eigenvalue weighted by molar-refractivity contribution is 0.415. The molecule has 0 saturated heterocycles. The molecule has 2 aliphatic rings. The van der Waals surface area contributed by atoms with Crippen LogP contribution in [0.1, 0.15) is 24.1 Å². The summed E-state index contributed by atoms with van der Waals surface area (Å²) in [7, 11) is 1.70. The van der Waals surface area contributed by atoms with Gasteiger partial charge in [-0.1, -0.05) is 6.08 Å². The van der Waals surface area contributed by atoms with Gasteiger partial charge in [-0.2, -0.15) is 0 Å². The molecule has 108 valence electrons. The molecule has 0 fully saturated rings. The summed E-state index contributed by atoms with van der Waals surface area (Å²) in [5.41, 5.74) is 4.21. The number of benzene rings is 1. The van der Waals surface area contributed by atoms with Crippen LogP contribution in [0.2, 0.25) is 0 Å². The molecule has 0 saturated carbocycles. The Hall–Kier alpha value is -2.16. The van der Waals surface area contributed by atoms with E-state index in [-0.39, 0.29) is 0 Å². The molecule has 0 radical (unpaired) electrons. The van der Waals surface area contributed by atoms with Crippen LogP contribution in [0.4, 0.5) is 5.69 Å². The molecular weight excluding hydrogens is 260 g/mol. The van der Waals surface area contributed by atoms with Crippen molar-refractivity contribution in [2.24, 2.45) is 0 Å². The zero-order valence-electron chi connectivity index (χ0n) is 12.4. The number of aromatic amines is 1. The highest BCUT2D eigenvalue weighted by atomic mass is 16.5. The van der Waals surface area contributed by atoms with Crippen LogP contribution in [0.5, 0.6) is 5.75 Å². The number of nitrogens with one attached hydrogen (secondary N) is 1. The van der Waals surface area contributed by atoms with Crippen molar-refractivity contribution in [3.05, 3.63) is 46.1 Å². The Morgan fingerprint density at radius 3 is 2.71 bits per heavy atom. The van der Waals surface area contributed by atoms with Crippen molar-refractivity contribution < 1.29 is 4.74 Å². The zero-order chi connectivity index (χ0) is 14.2. The molecule has 0 spiro atoms. The van der Waals surface area contributed by atoms with Gasteiger partial charge in [0.2, 0.25) is 0 Å². The Bertz CT molecular complexity index is 771. The summed E-state index contributed by atoms with van der Waals surface area (Å²) in [6.07, 6.45) is 9.68. The lowest BCUT2D eigenvalue weighted by Crippen LogP contribution is -2.36. The van der Waals surface area contributed by atoms with E-state index in [4.69, 9.17) is 4.74 Å². The van der Waals surface area contributed by atoms with Gasteiger partial charge >= 0.3 is 0 Å². The second kappa shape index (κ2) is 4.99. The van der Waals surface area contributed by atoms with Crippen LogP contribution in [0.3, 0.4) is 0 Å². The van der Waals surface area contributed by atoms with Crippen molar-refractivity contribution in [3.8, 4) is 5.75 Å². The van der Waals surface area contributed by atoms with Crippen LogP contribution in [0, 0.1) is 0 Å². The SMILES string of the molecule is COc1ccc(N2C=c3[nH]c4c(c3=CC2)CCCC4)cc1. The normalized spacial score (nSPS) is 16.5. The molecule has 3 heteroatoms. The standard InChI is InChI=1S/C18H20N2O/c1-21-14-8-6-13(7-9-14)20-11-10-16-15-4-2-3-5-17(15)19-18(16)12-20/h6-10,12,19H,2-5,11H2,1H3. The molecule has 4 rings (SSSR count). The van der Waals surface area contributed by atoms with Crippen LogP contribution in [0.25, 0.3) is 12.3 Å². The number of aryl methyl sites for hydroxylation is 1. The van der Waals surface area contributed by atoms with Crippen molar-refractivity contribution in [3.63, 3.8) is 0 Å². The zero-order valence-corrected chi connectivity index (χ0v) is 12.4. The number of nitrogens with zero attached hydrogens (tertiary/aromatic N) is 1. The van der Waals surface area contributed by atoms with Crippen LogP contribution < -0.4 is 20.2 Å². The van der Waals surface area contributed by atoms with Crippen LogP contribution in [-0.4, -0.2) is 18.6 Å². The van der Waals surface area contributed by atoms with Crippen molar-refractivity contribution in [2.45, 2.75) is 25.7 Å². The molecule has 1 aliphatic carbocycles. The highest BCUT2D eigenvalue weighted by Gasteiger charge is 2.16. The van der Waals surface area contributed by atoms with Crippen LogP contribution in [-0.2, 0) is 12.8 Å². The largest absolute Gasteiger partial charge is 0.497 e. The number of rotatable bonds is 2. The molecular formula is C18H20N2O. The molecule has 1 aromatic carbocycles. The van der Waals surface area contributed by atoms with E-state index in [9.17, 15) is 0 Å². The third-order valence-electron chi connectivity index (χ3n) is 4.55. The predicted octanol–water partition coefficient (Wildman–Crippen LogP) is 1.94. The van der Waals surface area contributed by atoms with Crippen molar-refractivity contribution >= 4 is 18.0 Å². The van der Waals surface area contributed by atoms with Crippen molar-refractivity contribution in [1.29, 1.82) is 0 Å². The van der Waals surface area contributed by atoms with Gasteiger partial charge < -0.3 is 14.6 Å². The predicted molar refractivity (Wildman–Crippen MR) is 86.0 cm³/mol. The maximum atomic E-state index is 5.23. The molecule has 0 amide bonds. The molecule has 1 aliphatic heterocycles. The van der Waals surface area contributed by atoms with E-state index in [1.807, 2.05) is 12.1 Å². The minimum absolute atomic E-state index is 0.899. The van der Waals surface area contributed by atoms with E-state index < -0.39 is 0 Å². The highest BCUT2D eigenvalue weighted by molar-refractivity contribution is 5.64. The number of fused-ring (bicyclic) bond motifs is 3. The summed E-state index contributed by atoms with van der Waals surface area (Å²) in [5, 5.41) is 2.71. The van der Waals surface area contributed by atoms with Gasteiger partial charge in [-0.25, -0.2) is 0 Å². The minimum Gasteiger partial charge on any atom is -0.497 e. The quantitative estimate of drug-likeness (QED) is 0.910. The third-order valence-corrected chi connectivity index (χ3v) is 4.55. The summed E-state index contributed by atoms with van der Waals surface area (Å²) in [6, 6.07) is 8.24. The molecule has 21 heavy (non-hydrogen) atoms. The molecule has 1 aromatic heterocycles. The lowest BCUT2D eigenvalue weighted by Gasteiger charge is -2.21. The van der Waals surface area contributed by atoms with E-state index >= 15 is 0 Å². The Morgan fingerprint density at radius 1 is 1.10 bits per heavy atom. The van der Waals surface area contributed by atoms with Crippen LogP contribution >= 0.6 is 0 Å². The summed E-state index contributed by atoms with van der Waals surface area (Å²) < 4.78 is 5.23. The molecule has 1 N–H and O–H groups in total. The van der Waals surface area contributed by atoms with Gasteiger partial charge in [-0.05, 0) is 55.5 Å². The number of aromatic nitrogens is 1.